The van der Waals surface area contributed by atoms with Gasteiger partial charge in [-0.15, -0.1) is 0 Å². The largest absolute Gasteiger partial charge is 0.307 e. The number of anilines is 1. The molecule has 2 aromatic carbocycles. The van der Waals surface area contributed by atoms with E-state index in [2.05, 4.69) is 0 Å². The van der Waals surface area contributed by atoms with Crippen molar-refractivity contribution in [3.05, 3.63) is 63.7 Å². The number of nitro benzene ring substituents is 1. The van der Waals surface area contributed by atoms with Crippen molar-refractivity contribution >= 4 is 28.3 Å². The molecule has 37 heavy (non-hydrogen) atoms. The van der Waals surface area contributed by atoms with E-state index in [0.717, 1.165) is 31.2 Å². The van der Waals surface area contributed by atoms with Crippen LogP contribution in [0, 0.1) is 15.5 Å². The molecule has 1 unspecified atom stereocenters. The number of amides is 1. The van der Waals surface area contributed by atoms with Gasteiger partial charge in [0, 0.05) is 61.3 Å². The van der Waals surface area contributed by atoms with Crippen LogP contribution in [0.1, 0.15) is 67.3 Å². The molecule has 2 saturated carbocycles. The number of hydrogen-bond donors (Lipinski definition) is 0. The molecule has 10 heteroatoms. The van der Waals surface area contributed by atoms with Gasteiger partial charge < -0.3 is 4.90 Å². The van der Waals surface area contributed by atoms with Gasteiger partial charge in [0.25, 0.3) is 17.5 Å². The Kier molecular flexibility index (Phi) is 5.76. The summed E-state index contributed by atoms with van der Waals surface area (Å²) in [6.45, 7) is 0.521. The number of hydrogen-bond acceptors (Lipinski definition) is 4. The number of halogens is 2. The molecule has 2 aliphatic heterocycles. The minimum Gasteiger partial charge on any atom is -0.307 e. The molecule has 2 aliphatic carbocycles. The summed E-state index contributed by atoms with van der Waals surface area (Å²) >= 11 is 0. The van der Waals surface area contributed by atoms with Crippen LogP contribution in [0.5, 0.6) is 0 Å². The highest BCUT2D eigenvalue weighted by molar-refractivity contribution is 7.82. The van der Waals surface area contributed by atoms with Gasteiger partial charge in [0.2, 0.25) is 0 Å². The number of carbonyl (C=O) groups excluding carboxylic acids is 1. The van der Waals surface area contributed by atoms with Gasteiger partial charge >= 0.3 is 0 Å². The Morgan fingerprint density at radius 2 is 1.62 bits per heavy atom. The van der Waals surface area contributed by atoms with E-state index in [-0.39, 0.29) is 47.9 Å². The molecule has 0 aromatic heterocycles. The zero-order valence-electron chi connectivity index (χ0n) is 20.5. The van der Waals surface area contributed by atoms with E-state index in [4.69, 9.17) is 0 Å². The number of rotatable bonds is 4. The van der Waals surface area contributed by atoms with Gasteiger partial charge in [0.05, 0.1) is 9.82 Å². The lowest BCUT2D eigenvalue weighted by molar-refractivity contribution is -0.384. The molecule has 2 aromatic rings. The first kappa shape index (κ1) is 24.6. The molecule has 3 fully saturated rings. The summed E-state index contributed by atoms with van der Waals surface area (Å²) in [6, 6.07) is 11.3. The zero-order valence-corrected chi connectivity index (χ0v) is 21.3. The van der Waals surface area contributed by atoms with Crippen LogP contribution < -0.4 is 4.90 Å². The summed E-state index contributed by atoms with van der Waals surface area (Å²) in [5.74, 6) is -2.98. The molecule has 2 spiro atoms. The normalized spacial score (nSPS) is 24.1. The molecular formula is C27H29F2N3O4S. The first-order chi connectivity index (χ1) is 17.6. The van der Waals surface area contributed by atoms with Crippen molar-refractivity contribution in [2.75, 3.05) is 24.5 Å². The van der Waals surface area contributed by atoms with Gasteiger partial charge in [0.15, 0.2) is 0 Å². The molecule has 2 heterocycles. The Hall–Kier alpha value is -2.72. The average Bonchev–Trinajstić information content (AvgIpc) is 3.59. The van der Waals surface area contributed by atoms with Gasteiger partial charge in [0.1, 0.15) is 11.0 Å². The quantitative estimate of drug-likeness (QED) is 0.381. The Morgan fingerprint density at radius 1 is 0.946 bits per heavy atom. The third-order valence-corrected chi connectivity index (χ3v) is 10.4. The zero-order chi connectivity index (χ0) is 26.0. The fourth-order valence-electron chi connectivity index (χ4n) is 6.34. The Balaban J connectivity index is 1.28. The van der Waals surface area contributed by atoms with Crippen molar-refractivity contribution in [1.82, 2.24) is 4.31 Å². The summed E-state index contributed by atoms with van der Waals surface area (Å²) < 4.78 is 41.8. The summed E-state index contributed by atoms with van der Waals surface area (Å²) in [5, 5.41) is 11.5. The lowest BCUT2D eigenvalue weighted by Gasteiger charge is -2.38. The maximum Gasteiger partial charge on any atom is 0.269 e. The van der Waals surface area contributed by atoms with E-state index >= 15 is 0 Å². The van der Waals surface area contributed by atoms with Crippen molar-refractivity contribution in [3.63, 3.8) is 0 Å². The van der Waals surface area contributed by atoms with Crippen LogP contribution in [0.2, 0.25) is 0 Å². The third kappa shape index (κ3) is 4.37. The molecule has 1 saturated heterocycles. The number of non-ortho nitro benzene ring substituents is 1. The van der Waals surface area contributed by atoms with Crippen LogP contribution in [0.25, 0.3) is 0 Å². The molecule has 1 amide bonds. The number of alkyl halides is 2. The fourth-order valence-corrected chi connectivity index (χ4v) is 7.57. The van der Waals surface area contributed by atoms with Crippen LogP contribution in [0.3, 0.4) is 0 Å². The first-order valence-electron chi connectivity index (χ1n) is 12.9. The van der Waals surface area contributed by atoms with E-state index in [1.807, 2.05) is 0 Å². The second kappa shape index (κ2) is 8.66. The van der Waals surface area contributed by atoms with Crippen LogP contribution in [-0.2, 0) is 16.4 Å². The number of nitro groups is 1. The molecule has 0 bridgehead atoms. The second-order valence-corrected chi connectivity index (χ2v) is 12.7. The highest BCUT2D eigenvalue weighted by Crippen LogP contribution is 2.62. The van der Waals surface area contributed by atoms with Gasteiger partial charge in [-0.1, -0.05) is 6.07 Å². The topological polar surface area (TPSA) is 83.8 Å². The second-order valence-electron chi connectivity index (χ2n) is 11.2. The number of benzene rings is 2. The molecule has 1 atom stereocenters. The summed E-state index contributed by atoms with van der Waals surface area (Å²) in [7, 11) is -1.64. The minimum absolute atomic E-state index is 0.0279. The van der Waals surface area contributed by atoms with E-state index in [0.29, 0.717) is 28.1 Å². The smallest absolute Gasteiger partial charge is 0.269 e. The summed E-state index contributed by atoms with van der Waals surface area (Å²) in [4.78, 5) is 27.1. The first-order valence-corrected chi connectivity index (χ1v) is 14.0. The highest BCUT2D eigenvalue weighted by Gasteiger charge is 2.54. The van der Waals surface area contributed by atoms with E-state index in [1.54, 1.807) is 41.3 Å². The summed E-state index contributed by atoms with van der Waals surface area (Å²) in [6.07, 6.45) is 5.75. The number of nitrogens with zero attached hydrogens (tertiary/aromatic N) is 3. The van der Waals surface area contributed by atoms with Crippen LogP contribution in [0.15, 0.2) is 47.4 Å². The van der Waals surface area contributed by atoms with Crippen molar-refractivity contribution in [1.29, 1.82) is 0 Å². The predicted octanol–water partition coefficient (Wildman–Crippen LogP) is 5.60. The maximum atomic E-state index is 13.8. The molecule has 7 nitrogen and oxygen atoms in total. The fraction of sp³-hybridized carbons (Fsp3) is 0.519. The number of carbonyl (C=O) groups is 1. The predicted molar refractivity (Wildman–Crippen MR) is 135 cm³/mol. The minimum atomic E-state index is -2.73. The lowest BCUT2D eigenvalue weighted by Crippen LogP contribution is -2.40. The van der Waals surface area contributed by atoms with Gasteiger partial charge in [-0.25, -0.2) is 17.3 Å². The van der Waals surface area contributed by atoms with Crippen LogP contribution in [-0.4, -0.2) is 44.9 Å². The Bertz CT molecular complexity index is 1290. The Labute approximate surface area is 216 Å². The third-order valence-electron chi connectivity index (χ3n) is 8.95. The highest BCUT2D eigenvalue weighted by atomic mass is 32.2. The lowest BCUT2D eigenvalue weighted by atomic mass is 9.66. The molecular weight excluding hydrogens is 500 g/mol. The van der Waals surface area contributed by atoms with Crippen LogP contribution in [0.4, 0.5) is 20.2 Å². The van der Waals surface area contributed by atoms with Crippen molar-refractivity contribution in [2.24, 2.45) is 5.41 Å². The van der Waals surface area contributed by atoms with E-state index in [1.165, 1.54) is 23.2 Å². The van der Waals surface area contributed by atoms with E-state index < -0.39 is 16.9 Å². The van der Waals surface area contributed by atoms with Gasteiger partial charge in [-0.05, 0) is 73.8 Å². The van der Waals surface area contributed by atoms with Crippen molar-refractivity contribution < 1.29 is 22.7 Å². The Morgan fingerprint density at radius 3 is 2.27 bits per heavy atom. The monoisotopic (exact) mass is 529 g/mol. The van der Waals surface area contributed by atoms with E-state index in [9.17, 15) is 27.9 Å². The maximum absolute atomic E-state index is 13.8. The van der Waals surface area contributed by atoms with Crippen molar-refractivity contribution in [2.45, 2.75) is 67.6 Å². The molecule has 0 radical (unpaired) electrons. The van der Waals surface area contributed by atoms with Gasteiger partial charge in [-0.2, -0.15) is 0 Å². The average molecular weight is 530 g/mol. The molecule has 4 aliphatic rings. The molecule has 6 rings (SSSR count). The molecule has 196 valence electrons. The number of piperidine rings is 1. The number of fused-ring (bicyclic) bond motifs is 2. The SMILES string of the molecule is O=C(c1cccc(S(=O)N2CCC(F)(F)CC2)c1)N1CC2(CCC3(CC3)CC2)c2cc([N+](=O)[O-])ccc21. The van der Waals surface area contributed by atoms with Crippen molar-refractivity contribution in [3.8, 4) is 0 Å². The summed E-state index contributed by atoms with van der Waals surface area (Å²) in [5.41, 5.74) is 2.10. The standard InChI is InChI=1S/C27H29F2N3O4S/c28-27(29)12-14-30(15-13-27)37(36)21-3-1-2-19(16-21)24(33)31-18-26(10-8-25(6-7-25)9-11-26)22-17-20(32(34)35)4-5-23(22)31/h1-5,16-17H,6-15,18H2. The molecule has 0 N–H and O–H groups in total. The van der Waals surface area contributed by atoms with Crippen LogP contribution >= 0.6 is 0 Å². The van der Waals surface area contributed by atoms with Gasteiger partial charge in [-0.3, -0.25) is 14.9 Å².